The minimum Gasteiger partial charge on any atom is -0.327 e. The van der Waals surface area contributed by atoms with Crippen LogP contribution in [0, 0.1) is 0 Å². The summed E-state index contributed by atoms with van der Waals surface area (Å²) in [5.41, 5.74) is 2.15. The molecule has 2 aromatic carbocycles. The summed E-state index contributed by atoms with van der Waals surface area (Å²) < 4.78 is 0. The van der Waals surface area contributed by atoms with Gasteiger partial charge in [0.25, 0.3) is 0 Å². The fourth-order valence-electron chi connectivity index (χ4n) is 3.58. The predicted octanol–water partition coefficient (Wildman–Crippen LogP) is 3.41. The van der Waals surface area contributed by atoms with E-state index in [1.807, 2.05) is 65.6 Å². The van der Waals surface area contributed by atoms with Crippen molar-refractivity contribution in [1.29, 1.82) is 0 Å². The Labute approximate surface area is 158 Å². The first-order valence-corrected chi connectivity index (χ1v) is 9.32. The standard InChI is InChI=1S/C21H23N5O/c27-21(25-15-11-19(12-16-25)26-22-13-14-23-26)24-20(17-7-3-1-4-8-17)18-9-5-2-6-10-18/h1-10,13-14,19-20H,11-12,15-16H2,(H,24,27). The van der Waals surface area contributed by atoms with Gasteiger partial charge in [-0.1, -0.05) is 60.7 Å². The summed E-state index contributed by atoms with van der Waals surface area (Å²) in [5, 5.41) is 11.7. The molecule has 1 saturated heterocycles. The number of carbonyl (C=O) groups excluding carboxylic acids is 1. The van der Waals surface area contributed by atoms with Crippen molar-refractivity contribution in [2.45, 2.75) is 24.9 Å². The van der Waals surface area contributed by atoms with E-state index in [-0.39, 0.29) is 18.1 Å². The number of benzene rings is 2. The molecular weight excluding hydrogens is 338 g/mol. The number of aromatic nitrogens is 3. The molecule has 0 atom stereocenters. The van der Waals surface area contributed by atoms with Crippen molar-refractivity contribution in [3.05, 3.63) is 84.2 Å². The highest BCUT2D eigenvalue weighted by molar-refractivity contribution is 5.75. The van der Waals surface area contributed by atoms with E-state index in [0.29, 0.717) is 13.1 Å². The molecule has 1 aliphatic rings. The van der Waals surface area contributed by atoms with Gasteiger partial charge in [-0.2, -0.15) is 15.0 Å². The molecule has 6 heteroatoms. The molecule has 2 heterocycles. The topological polar surface area (TPSA) is 63.1 Å². The zero-order valence-corrected chi connectivity index (χ0v) is 15.1. The zero-order chi connectivity index (χ0) is 18.5. The Balaban J connectivity index is 1.45. The Morgan fingerprint density at radius 3 is 1.93 bits per heavy atom. The lowest BCUT2D eigenvalue weighted by molar-refractivity contribution is 0.162. The lowest BCUT2D eigenvalue weighted by atomic mass is 9.99. The largest absolute Gasteiger partial charge is 0.327 e. The number of rotatable bonds is 4. The lowest BCUT2D eigenvalue weighted by Crippen LogP contribution is -2.46. The summed E-state index contributed by atoms with van der Waals surface area (Å²) >= 11 is 0. The molecule has 1 aromatic heterocycles. The average molecular weight is 361 g/mol. The first-order chi connectivity index (χ1) is 13.3. The SMILES string of the molecule is O=C(NC(c1ccccc1)c1ccccc1)N1CCC(n2nccn2)CC1. The Kier molecular flexibility index (Phi) is 5.14. The van der Waals surface area contributed by atoms with E-state index < -0.39 is 0 Å². The highest BCUT2D eigenvalue weighted by atomic mass is 16.2. The van der Waals surface area contributed by atoms with Crippen LogP contribution in [0.3, 0.4) is 0 Å². The minimum absolute atomic E-state index is 0.0282. The molecule has 138 valence electrons. The van der Waals surface area contributed by atoms with Gasteiger partial charge in [0.1, 0.15) is 0 Å². The molecule has 0 radical (unpaired) electrons. The van der Waals surface area contributed by atoms with Crippen LogP contribution in [-0.4, -0.2) is 39.0 Å². The van der Waals surface area contributed by atoms with Crippen molar-refractivity contribution >= 4 is 6.03 Å². The molecule has 2 amide bonds. The zero-order valence-electron chi connectivity index (χ0n) is 15.1. The maximum Gasteiger partial charge on any atom is 0.318 e. The van der Waals surface area contributed by atoms with Gasteiger partial charge in [-0.15, -0.1) is 0 Å². The van der Waals surface area contributed by atoms with Gasteiger partial charge in [-0.05, 0) is 24.0 Å². The molecule has 3 aromatic rings. The number of urea groups is 1. The third kappa shape index (κ3) is 4.00. The second-order valence-electron chi connectivity index (χ2n) is 6.77. The van der Waals surface area contributed by atoms with E-state index in [4.69, 9.17) is 0 Å². The van der Waals surface area contributed by atoms with Crippen molar-refractivity contribution in [3.8, 4) is 0 Å². The quantitative estimate of drug-likeness (QED) is 0.774. The van der Waals surface area contributed by atoms with Crippen LogP contribution in [0.25, 0.3) is 0 Å². The van der Waals surface area contributed by atoms with Crippen LogP contribution in [0.1, 0.15) is 36.1 Å². The van der Waals surface area contributed by atoms with Crippen molar-refractivity contribution in [2.75, 3.05) is 13.1 Å². The molecule has 27 heavy (non-hydrogen) atoms. The van der Waals surface area contributed by atoms with E-state index in [9.17, 15) is 4.79 Å². The monoisotopic (exact) mass is 361 g/mol. The van der Waals surface area contributed by atoms with E-state index >= 15 is 0 Å². The van der Waals surface area contributed by atoms with Gasteiger partial charge in [0.15, 0.2) is 0 Å². The van der Waals surface area contributed by atoms with Crippen molar-refractivity contribution < 1.29 is 4.79 Å². The molecule has 0 bridgehead atoms. The second-order valence-corrected chi connectivity index (χ2v) is 6.77. The molecule has 0 unspecified atom stereocenters. The number of hydrogen-bond donors (Lipinski definition) is 1. The molecule has 1 fully saturated rings. The smallest absolute Gasteiger partial charge is 0.318 e. The molecular formula is C21H23N5O. The fraction of sp³-hybridized carbons (Fsp3) is 0.286. The molecule has 4 rings (SSSR count). The summed E-state index contributed by atoms with van der Waals surface area (Å²) in [5.74, 6) is 0. The summed E-state index contributed by atoms with van der Waals surface area (Å²) in [6.07, 6.45) is 5.12. The third-order valence-electron chi connectivity index (χ3n) is 5.05. The summed E-state index contributed by atoms with van der Waals surface area (Å²) in [7, 11) is 0. The van der Waals surface area contributed by atoms with Crippen LogP contribution in [0.4, 0.5) is 4.79 Å². The Morgan fingerprint density at radius 1 is 0.889 bits per heavy atom. The molecule has 6 nitrogen and oxygen atoms in total. The summed E-state index contributed by atoms with van der Waals surface area (Å²) in [6.45, 7) is 1.41. The molecule has 0 spiro atoms. The van der Waals surface area contributed by atoms with Gasteiger partial charge in [-0.25, -0.2) is 4.79 Å². The van der Waals surface area contributed by atoms with E-state index in [2.05, 4.69) is 15.5 Å². The van der Waals surface area contributed by atoms with Gasteiger partial charge >= 0.3 is 6.03 Å². The van der Waals surface area contributed by atoms with Crippen molar-refractivity contribution in [2.24, 2.45) is 0 Å². The first-order valence-electron chi connectivity index (χ1n) is 9.32. The predicted molar refractivity (Wildman–Crippen MR) is 103 cm³/mol. The van der Waals surface area contributed by atoms with Crippen molar-refractivity contribution in [3.63, 3.8) is 0 Å². The van der Waals surface area contributed by atoms with Gasteiger partial charge in [0, 0.05) is 13.1 Å². The van der Waals surface area contributed by atoms with Crippen LogP contribution >= 0.6 is 0 Å². The summed E-state index contributed by atoms with van der Waals surface area (Å²) in [6, 6.07) is 20.2. The molecule has 0 aliphatic carbocycles. The Morgan fingerprint density at radius 2 is 1.41 bits per heavy atom. The Hall–Kier alpha value is -3.15. The van der Waals surface area contributed by atoms with Crippen LogP contribution in [-0.2, 0) is 0 Å². The Bertz CT molecular complexity index is 803. The molecule has 1 N–H and O–H groups in total. The van der Waals surface area contributed by atoms with E-state index in [1.165, 1.54) is 0 Å². The van der Waals surface area contributed by atoms with Crippen LogP contribution < -0.4 is 5.32 Å². The summed E-state index contributed by atoms with van der Waals surface area (Å²) in [4.78, 5) is 16.6. The van der Waals surface area contributed by atoms with E-state index in [0.717, 1.165) is 24.0 Å². The van der Waals surface area contributed by atoms with Gasteiger partial charge in [0.05, 0.1) is 24.5 Å². The second kappa shape index (κ2) is 8.03. The maximum absolute atomic E-state index is 12.9. The average Bonchev–Trinajstić information content (AvgIpc) is 3.28. The van der Waals surface area contributed by atoms with Gasteiger partial charge in [0.2, 0.25) is 0 Å². The highest BCUT2D eigenvalue weighted by Crippen LogP contribution is 2.24. The van der Waals surface area contributed by atoms with Crippen LogP contribution in [0.15, 0.2) is 73.1 Å². The number of carbonyl (C=O) groups is 1. The number of likely N-dealkylation sites (tertiary alicyclic amines) is 1. The van der Waals surface area contributed by atoms with Gasteiger partial charge in [-0.3, -0.25) is 0 Å². The highest BCUT2D eigenvalue weighted by Gasteiger charge is 2.26. The third-order valence-corrected chi connectivity index (χ3v) is 5.05. The number of nitrogens with one attached hydrogen (secondary N) is 1. The lowest BCUT2D eigenvalue weighted by Gasteiger charge is -2.33. The number of hydrogen-bond acceptors (Lipinski definition) is 3. The molecule has 1 aliphatic heterocycles. The number of piperidine rings is 1. The van der Waals surface area contributed by atoms with Crippen molar-refractivity contribution in [1.82, 2.24) is 25.2 Å². The fourth-order valence-corrected chi connectivity index (χ4v) is 3.58. The van der Waals surface area contributed by atoms with Crippen LogP contribution in [0.5, 0.6) is 0 Å². The van der Waals surface area contributed by atoms with E-state index in [1.54, 1.807) is 17.2 Å². The maximum atomic E-state index is 12.9. The van der Waals surface area contributed by atoms with Crippen LogP contribution in [0.2, 0.25) is 0 Å². The normalized spacial score (nSPS) is 15.1. The van der Waals surface area contributed by atoms with Gasteiger partial charge < -0.3 is 10.2 Å². The number of amides is 2. The number of nitrogens with zero attached hydrogens (tertiary/aromatic N) is 4. The minimum atomic E-state index is -0.162. The first kappa shape index (κ1) is 17.3. The molecule has 0 saturated carbocycles.